The van der Waals surface area contributed by atoms with Gasteiger partial charge < -0.3 is 15.3 Å². The van der Waals surface area contributed by atoms with Gasteiger partial charge in [-0.25, -0.2) is 17.9 Å². The number of nitrogens with zero attached hydrogens (tertiary/aromatic N) is 1. The van der Waals surface area contributed by atoms with Crippen LogP contribution in [-0.4, -0.2) is 56.6 Å². The van der Waals surface area contributed by atoms with Crippen LogP contribution in [0, 0.1) is 5.41 Å². The summed E-state index contributed by atoms with van der Waals surface area (Å²) in [5, 5.41) is 12.0. The smallest absolute Gasteiger partial charge is 0.317 e. The van der Waals surface area contributed by atoms with Crippen LogP contribution in [0.5, 0.6) is 0 Å². The Bertz CT molecular complexity index is 770. The molecule has 1 heterocycles. The van der Waals surface area contributed by atoms with E-state index in [9.17, 15) is 18.0 Å². The van der Waals surface area contributed by atoms with Gasteiger partial charge in [-0.1, -0.05) is 17.7 Å². The molecule has 1 unspecified atom stereocenters. The molecule has 1 aromatic carbocycles. The van der Waals surface area contributed by atoms with E-state index in [4.69, 9.17) is 16.7 Å². The van der Waals surface area contributed by atoms with Crippen molar-refractivity contribution in [2.24, 2.45) is 5.41 Å². The Hall–Kier alpha value is -1.84. The number of rotatable bonds is 6. The minimum Gasteiger partial charge on any atom is -0.481 e. The van der Waals surface area contributed by atoms with Gasteiger partial charge in [0, 0.05) is 31.2 Å². The molecule has 2 rings (SSSR count). The predicted octanol–water partition coefficient (Wildman–Crippen LogP) is 1.12. The Labute approximate surface area is 151 Å². The number of nitrogens with one attached hydrogen (secondary N) is 2. The maximum Gasteiger partial charge on any atom is 0.317 e. The molecule has 1 aromatic rings. The number of aliphatic carboxylic acids is 1. The van der Waals surface area contributed by atoms with E-state index in [0.717, 1.165) is 0 Å². The van der Waals surface area contributed by atoms with E-state index in [2.05, 4.69) is 10.0 Å². The van der Waals surface area contributed by atoms with Crippen LogP contribution in [0.1, 0.15) is 13.3 Å². The van der Waals surface area contributed by atoms with Crippen molar-refractivity contribution in [3.05, 3.63) is 29.3 Å². The Morgan fingerprint density at radius 2 is 2.08 bits per heavy atom. The van der Waals surface area contributed by atoms with Gasteiger partial charge in [-0.15, -0.1) is 0 Å². The molecule has 8 nitrogen and oxygen atoms in total. The van der Waals surface area contributed by atoms with Gasteiger partial charge in [0.25, 0.3) is 0 Å². The number of hydrogen-bond acceptors (Lipinski definition) is 4. The maximum atomic E-state index is 12.1. The second kappa shape index (κ2) is 7.59. The quantitative estimate of drug-likeness (QED) is 0.630. The Morgan fingerprint density at radius 3 is 2.68 bits per heavy atom. The number of sulfonamides is 1. The SMILES string of the molecule is CC1(C(=O)O)CCN(C(=O)NCCNS(=O)(=O)c2cccc(Cl)c2)C1. The van der Waals surface area contributed by atoms with Crippen LogP contribution in [0.2, 0.25) is 5.02 Å². The molecule has 138 valence electrons. The zero-order valence-electron chi connectivity index (χ0n) is 13.7. The summed E-state index contributed by atoms with van der Waals surface area (Å²) in [6, 6.07) is 5.45. The van der Waals surface area contributed by atoms with Crippen LogP contribution in [0.3, 0.4) is 0 Å². The van der Waals surface area contributed by atoms with Crippen LogP contribution < -0.4 is 10.0 Å². The number of carbonyl (C=O) groups is 2. The third-order valence-corrected chi connectivity index (χ3v) is 5.77. The number of likely N-dealkylation sites (tertiary alicyclic amines) is 1. The highest BCUT2D eigenvalue weighted by molar-refractivity contribution is 7.89. The average molecular weight is 390 g/mol. The fraction of sp³-hybridized carbons (Fsp3) is 0.467. The van der Waals surface area contributed by atoms with Crippen molar-refractivity contribution < 1.29 is 23.1 Å². The van der Waals surface area contributed by atoms with Gasteiger partial charge in [0.05, 0.1) is 10.3 Å². The maximum absolute atomic E-state index is 12.1. The molecule has 10 heteroatoms. The molecule has 1 aliphatic rings. The molecule has 0 spiro atoms. The highest BCUT2D eigenvalue weighted by atomic mass is 35.5. The topological polar surface area (TPSA) is 116 Å². The van der Waals surface area contributed by atoms with E-state index < -0.39 is 27.4 Å². The largest absolute Gasteiger partial charge is 0.481 e. The third-order valence-electron chi connectivity index (χ3n) is 4.08. The van der Waals surface area contributed by atoms with Crippen LogP contribution in [0.25, 0.3) is 0 Å². The summed E-state index contributed by atoms with van der Waals surface area (Å²) in [7, 11) is -3.71. The molecule has 0 aliphatic carbocycles. The monoisotopic (exact) mass is 389 g/mol. The van der Waals surface area contributed by atoms with Crippen LogP contribution in [-0.2, 0) is 14.8 Å². The highest BCUT2D eigenvalue weighted by Gasteiger charge is 2.42. The lowest BCUT2D eigenvalue weighted by Gasteiger charge is -2.20. The zero-order chi connectivity index (χ0) is 18.7. The molecule has 1 atom stereocenters. The minimum atomic E-state index is -3.71. The van der Waals surface area contributed by atoms with Crippen LogP contribution in [0.15, 0.2) is 29.2 Å². The first-order valence-corrected chi connectivity index (χ1v) is 9.52. The molecule has 0 aromatic heterocycles. The summed E-state index contributed by atoms with van der Waals surface area (Å²) in [5.74, 6) is -0.933. The van der Waals surface area contributed by atoms with Crippen molar-refractivity contribution in [3.8, 4) is 0 Å². The number of halogens is 1. The number of carbonyl (C=O) groups excluding carboxylic acids is 1. The molecule has 3 N–H and O–H groups in total. The van der Waals surface area contributed by atoms with Crippen molar-refractivity contribution >= 4 is 33.6 Å². The fourth-order valence-corrected chi connectivity index (χ4v) is 3.83. The van der Waals surface area contributed by atoms with E-state index in [1.165, 1.54) is 23.1 Å². The normalized spacial score (nSPS) is 20.5. The lowest BCUT2D eigenvalue weighted by molar-refractivity contribution is -0.147. The van der Waals surface area contributed by atoms with Gasteiger partial charge in [-0.2, -0.15) is 0 Å². The number of carboxylic acids is 1. The first kappa shape index (κ1) is 19.5. The second-order valence-corrected chi connectivity index (χ2v) is 8.33. The molecule has 25 heavy (non-hydrogen) atoms. The van der Waals surface area contributed by atoms with Gasteiger partial charge >= 0.3 is 12.0 Å². The summed E-state index contributed by atoms with van der Waals surface area (Å²) in [6.07, 6.45) is 0.386. The first-order chi connectivity index (χ1) is 11.6. The van der Waals surface area contributed by atoms with Crippen molar-refractivity contribution in [2.75, 3.05) is 26.2 Å². The number of carboxylic acid groups (broad SMARTS) is 1. The van der Waals surface area contributed by atoms with E-state index in [0.29, 0.717) is 18.0 Å². The van der Waals surface area contributed by atoms with Crippen LogP contribution in [0.4, 0.5) is 4.79 Å². The first-order valence-electron chi connectivity index (χ1n) is 7.65. The standard InChI is InChI=1S/C15H20ClN3O5S/c1-15(13(20)21)5-8-19(10-15)14(22)17-6-7-18-25(23,24)12-4-2-3-11(16)9-12/h2-4,9,18H,5-8,10H2,1H3,(H,17,22)(H,20,21). The van der Waals surface area contributed by atoms with Crippen molar-refractivity contribution in [1.82, 2.24) is 14.9 Å². The molecule has 0 radical (unpaired) electrons. The molecular weight excluding hydrogens is 370 g/mol. The summed E-state index contributed by atoms with van der Waals surface area (Å²) in [4.78, 5) is 24.7. The fourth-order valence-electron chi connectivity index (χ4n) is 2.49. The summed E-state index contributed by atoms with van der Waals surface area (Å²) in [5.41, 5.74) is -0.939. The van der Waals surface area contributed by atoms with E-state index in [1.54, 1.807) is 13.0 Å². The number of benzene rings is 1. The molecule has 1 aliphatic heterocycles. The molecule has 0 bridgehead atoms. The highest BCUT2D eigenvalue weighted by Crippen LogP contribution is 2.29. The summed E-state index contributed by atoms with van der Waals surface area (Å²) < 4.78 is 26.5. The molecule has 0 saturated carbocycles. The van der Waals surface area contributed by atoms with E-state index in [1.807, 2.05) is 0 Å². The van der Waals surface area contributed by atoms with Gasteiger partial charge in [0.1, 0.15) is 0 Å². The van der Waals surface area contributed by atoms with Crippen molar-refractivity contribution in [2.45, 2.75) is 18.2 Å². The molecule has 1 fully saturated rings. The number of urea groups is 1. The predicted molar refractivity (Wildman–Crippen MR) is 92.0 cm³/mol. The lowest BCUT2D eigenvalue weighted by atomic mass is 9.90. The van der Waals surface area contributed by atoms with E-state index in [-0.39, 0.29) is 24.5 Å². The van der Waals surface area contributed by atoms with Gasteiger partial charge in [-0.05, 0) is 31.5 Å². The number of amides is 2. The zero-order valence-corrected chi connectivity index (χ0v) is 15.2. The lowest BCUT2D eigenvalue weighted by Crippen LogP contribution is -2.43. The van der Waals surface area contributed by atoms with Gasteiger partial charge in [-0.3, -0.25) is 4.79 Å². The van der Waals surface area contributed by atoms with Gasteiger partial charge in [0.2, 0.25) is 10.0 Å². The molecular formula is C15H20ClN3O5S. The van der Waals surface area contributed by atoms with E-state index >= 15 is 0 Å². The summed E-state index contributed by atoms with van der Waals surface area (Å²) >= 11 is 5.78. The van der Waals surface area contributed by atoms with Gasteiger partial charge in [0.15, 0.2) is 0 Å². The van der Waals surface area contributed by atoms with Crippen molar-refractivity contribution in [1.29, 1.82) is 0 Å². The molecule has 2 amide bonds. The third kappa shape index (κ3) is 4.83. The second-order valence-electron chi connectivity index (χ2n) is 6.12. The Morgan fingerprint density at radius 1 is 1.36 bits per heavy atom. The van der Waals surface area contributed by atoms with Crippen molar-refractivity contribution in [3.63, 3.8) is 0 Å². The van der Waals surface area contributed by atoms with Crippen LogP contribution >= 0.6 is 11.6 Å². The number of hydrogen-bond donors (Lipinski definition) is 3. The Balaban J connectivity index is 1.80. The average Bonchev–Trinajstić information content (AvgIpc) is 2.95. The molecule has 1 saturated heterocycles. The minimum absolute atomic E-state index is 0.00459. The Kier molecular flexibility index (Phi) is 5.91. The summed E-state index contributed by atoms with van der Waals surface area (Å²) in [6.45, 7) is 2.16.